The number of thioether (sulfide) groups is 1. The number of amides is 1. The summed E-state index contributed by atoms with van der Waals surface area (Å²) in [6.45, 7) is 3.11. The number of piperidine rings is 1. The Labute approximate surface area is 181 Å². The Morgan fingerprint density at radius 3 is 2.45 bits per heavy atom. The second-order valence-corrected chi connectivity index (χ2v) is 10.8. The first-order valence-corrected chi connectivity index (χ1v) is 12.4. The molecule has 1 heterocycles. The van der Waals surface area contributed by atoms with E-state index in [1.165, 1.54) is 11.8 Å². The zero-order valence-corrected chi connectivity index (χ0v) is 18.7. The lowest BCUT2D eigenvalue weighted by Gasteiger charge is -2.27. The van der Waals surface area contributed by atoms with Gasteiger partial charge in [0.05, 0.1) is 10.1 Å². The maximum atomic E-state index is 13.1. The average molecular weight is 453 g/mol. The van der Waals surface area contributed by atoms with Crippen molar-refractivity contribution < 1.29 is 13.2 Å². The van der Waals surface area contributed by atoms with E-state index in [2.05, 4.69) is 5.32 Å². The summed E-state index contributed by atoms with van der Waals surface area (Å²) >= 11 is 7.33. The number of carbonyl (C=O) groups excluding carboxylic acids is 1. The Bertz CT molecular complexity index is 943. The molecule has 5 nitrogen and oxygen atoms in total. The molecular weight excluding hydrogens is 428 g/mol. The van der Waals surface area contributed by atoms with Gasteiger partial charge in [0.15, 0.2) is 0 Å². The zero-order chi connectivity index (χ0) is 20.9. The highest BCUT2D eigenvalue weighted by molar-refractivity contribution is 8.00. The quantitative estimate of drug-likeness (QED) is 0.635. The van der Waals surface area contributed by atoms with Gasteiger partial charge in [0.1, 0.15) is 0 Å². The third-order valence-electron chi connectivity index (χ3n) is 4.85. The van der Waals surface area contributed by atoms with E-state index in [1.807, 2.05) is 19.1 Å². The molecule has 29 heavy (non-hydrogen) atoms. The minimum absolute atomic E-state index is 0.143. The molecular formula is C21H25ClN2O3S2. The molecule has 2 aromatic rings. The summed E-state index contributed by atoms with van der Waals surface area (Å²) in [5, 5.41) is 3.21. The van der Waals surface area contributed by atoms with Gasteiger partial charge in [0.2, 0.25) is 15.9 Å². The summed E-state index contributed by atoms with van der Waals surface area (Å²) in [5.74, 6) is -0.143. The number of benzene rings is 2. The van der Waals surface area contributed by atoms with E-state index in [0.717, 1.165) is 24.2 Å². The van der Waals surface area contributed by atoms with Crippen LogP contribution < -0.4 is 5.32 Å². The molecule has 1 fully saturated rings. The highest BCUT2D eigenvalue weighted by atomic mass is 35.5. The predicted octanol–water partition coefficient (Wildman–Crippen LogP) is 4.31. The van der Waals surface area contributed by atoms with Gasteiger partial charge in [-0.1, -0.05) is 36.2 Å². The van der Waals surface area contributed by atoms with Crippen molar-refractivity contribution in [2.24, 2.45) is 0 Å². The van der Waals surface area contributed by atoms with Gasteiger partial charge in [0.25, 0.3) is 0 Å². The SMILES string of the molecule is CC(Sc1ccc(Cl)cc1)C(=O)NCc1ccccc1S(=O)(=O)N1CCCCC1. The normalized spacial score (nSPS) is 16.3. The molecule has 1 aliphatic heterocycles. The second-order valence-electron chi connectivity index (χ2n) is 7.00. The summed E-state index contributed by atoms with van der Waals surface area (Å²) in [5.41, 5.74) is 0.607. The molecule has 3 rings (SSSR count). The first-order valence-electron chi connectivity index (χ1n) is 9.66. The van der Waals surface area contributed by atoms with E-state index in [4.69, 9.17) is 11.6 Å². The summed E-state index contributed by atoms with van der Waals surface area (Å²) in [6.07, 6.45) is 2.84. The largest absolute Gasteiger partial charge is 0.351 e. The van der Waals surface area contributed by atoms with E-state index in [1.54, 1.807) is 40.7 Å². The maximum Gasteiger partial charge on any atom is 0.243 e. The molecule has 1 aliphatic rings. The highest BCUT2D eigenvalue weighted by Gasteiger charge is 2.28. The van der Waals surface area contributed by atoms with Crippen LogP contribution in [0, 0.1) is 0 Å². The Hall–Kier alpha value is -1.54. The highest BCUT2D eigenvalue weighted by Crippen LogP contribution is 2.26. The minimum atomic E-state index is -3.55. The number of carbonyl (C=O) groups is 1. The molecule has 1 unspecified atom stereocenters. The maximum absolute atomic E-state index is 13.1. The van der Waals surface area contributed by atoms with E-state index in [9.17, 15) is 13.2 Å². The van der Waals surface area contributed by atoms with Crippen LogP contribution in [0.25, 0.3) is 0 Å². The molecule has 1 atom stereocenters. The fraction of sp³-hybridized carbons (Fsp3) is 0.381. The third-order valence-corrected chi connectivity index (χ3v) is 8.22. The van der Waals surface area contributed by atoms with Crippen molar-refractivity contribution in [3.8, 4) is 0 Å². The van der Waals surface area contributed by atoms with Crippen LogP contribution in [0.3, 0.4) is 0 Å². The number of sulfonamides is 1. The van der Waals surface area contributed by atoms with Crippen LogP contribution in [0.1, 0.15) is 31.7 Å². The zero-order valence-electron chi connectivity index (χ0n) is 16.3. The number of hydrogen-bond acceptors (Lipinski definition) is 4. The second kappa shape index (κ2) is 9.98. The van der Waals surface area contributed by atoms with Crippen molar-refractivity contribution in [2.45, 2.75) is 47.8 Å². The van der Waals surface area contributed by atoms with Gasteiger partial charge in [-0.25, -0.2) is 8.42 Å². The summed E-state index contributed by atoms with van der Waals surface area (Å²) in [4.78, 5) is 13.8. The molecule has 0 saturated carbocycles. The molecule has 1 N–H and O–H groups in total. The van der Waals surface area contributed by atoms with Gasteiger partial charge in [-0.05, 0) is 55.7 Å². The number of rotatable bonds is 7. The molecule has 1 amide bonds. The number of halogens is 1. The molecule has 2 aromatic carbocycles. The molecule has 1 saturated heterocycles. The van der Waals surface area contributed by atoms with E-state index < -0.39 is 10.0 Å². The lowest BCUT2D eigenvalue weighted by atomic mass is 10.2. The van der Waals surface area contributed by atoms with Crippen LogP contribution >= 0.6 is 23.4 Å². The first kappa shape index (κ1) is 22.2. The predicted molar refractivity (Wildman–Crippen MR) is 118 cm³/mol. The Kier molecular flexibility index (Phi) is 7.62. The van der Waals surface area contributed by atoms with Crippen molar-refractivity contribution in [3.05, 3.63) is 59.1 Å². The van der Waals surface area contributed by atoms with Gasteiger partial charge in [0, 0.05) is 29.6 Å². The van der Waals surface area contributed by atoms with Crippen LogP contribution in [-0.4, -0.2) is 37.0 Å². The minimum Gasteiger partial charge on any atom is -0.351 e. The topological polar surface area (TPSA) is 66.5 Å². The molecule has 0 aliphatic carbocycles. The van der Waals surface area contributed by atoms with Gasteiger partial charge in [-0.15, -0.1) is 11.8 Å². The molecule has 0 radical (unpaired) electrons. The number of hydrogen-bond donors (Lipinski definition) is 1. The first-order chi connectivity index (χ1) is 13.9. The van der Waals surface area contributed by atoms with Crippen molar-refractivity contribution in [1.82, 2.24) is 9.62 Å². The Morgan fingerprint density at radius 1 is 1.10 bits per heavy atom. The monoisotopic (exact) mass is 452 g/mol. The van der Waals surface area contributed by atoms with Crippen LogP contribution in [0.4, 0.5) is 0 Å². The smallest absolute Gasteiger partial charge is 0.243 e. The summed E-state index contributed by atoms with van der Waals surface area (Å²) < 4.78 is 27.7. The number of nitrogens with zero attached hydrogens (tertiary/aromatic N) is 1. The van der Waals surface area contributed by atoms with Gasteiger partial charge in [-0.2, -0.15) is 4.31 Å². The van der Waals surface area contributed by atoms with E-state index in [-0.39, 0.29) is 22.6 Å². The Morgan fingerprint density at radius 2 is 1.76 bits per heavy atom. The fourth-order valence-electron chi connectivity index (χ4n) is 3.24. The molecule has 8 heteroatoms. The fourth-order valence-corrected chi connectivity index (χ4v) is 6.00. The summed E-state index contributed by atoms with van der Waals surface area (Å²) in [6, 6.07) is 14.2. The van der Waals surface area contributed by atoms with Crippen LogP contribution in [0.5, 0.6) is 0 Å². The van der Waals surface area contributed by atoms with Gasteiger partial charge < -0.3 is 5.32 Å². The van der Waals surface area contributed by atoms with Crippen molar-refractivity contribution in [1.29, 1.82) is 0 Å². The van der Waals surface area contributed by atoms with Crippen LogP contribution in [0.2, 0.25) is 5.02 Å². The third kappa shape index (κ3) is 5.75. The van der Waals surface area contributed by atoms with Crippen molar-refractivity contribution >= 4 is 39.3 Å². The molecule has 0 spiro atoms. The molecule has 0 aromatic heterocycles. The number of nitrogens with one attached hydrogen (secondary N) is 1. The summed E-state index contributed by atoms with van der Waals surface area (Å²) in [7, 11) is -3.55. The van der Waals surface area contributed by atoms with Crippen LogP contribution in [-0.2, 0) is 21.4 Å². The van der Waals surface area contributed by atoms with Gasteiger partial charge >= 0.3 is 0 Å². The lowest BCUT2D eigenvalue weighted by Crippen LogP contribution is -2.36. The lowest BCUT2D eigenvalue weighted by molar-refractivity contribution is -0.120. The van der Waals surface area contributed by atoms with E-state index >= 15 is 0 Å². The van der Waals surface area contributed by atoms with Crippen molar-refractivity contribution in [3.63, 3.8) is 0 Å². The Balaban J connectivity index is 1.66. The molecule has 156 valence electrons. The van der Waals surface area contributed by atoms with Crippen molar-refractivity contribution in [2.75, 3.05) is 13.1 Å². The standard InChI is InChI=1S/C21H25ClN2O3S2/c1-16(28-19-11-9-18(22)10-12-19)21(25)23-15-17-7-3-4-8-20(17)29(26,27)24-13-5-2-6-14-24/h3-4,7-12,16H,2,5-6,13-15H2,1H3,(H,23,25). The molecule has 0 bridgehead atoms. The average Bonchev–Trinajstić information content (AvgIpc) is 2.74. The van der Waals surface area contributed by atoms with Crippen LogP contribution in [0.15, 0.2) is 58.3 Å². The van der Waals surface area contributed by atoms with E-state index in [0.29, 0.717) is 23.7 Å². The van der Waals surface area contributed by atoms with Gasteiger partial charge in [-0.3, -0.25) is 4.79 Å².